The maximum Gasteiger partial charge on any atom is 0.154 e. The van der Waals surface area contributed by atoms with E-state index < -0.39 is 14.6 Å². The zero-order chi connectivity index (χ0) is 15.7. The van der Waals surface area contributed by atoms with E-state index in [1.54, 1.807) is 28.0 Å². The molecule has 0 aliphatic carbocycles. The molecule has 114 valence electrons. The van der Waals surface area contributed by atoms with E-state index in [4.69, 9.17) is 4.74 Å². The van der Waals surface area contributed by atoms with Crippen molar-refractivity contribution in [3.63, 3.8) is 0 Å². The molecule has 1 atom stereocenters. The van der Waals surface area contributed by atoms with E-state index in [0.29, 0.717) is 0 Å². The monoisotopic (exact) mass is 299 g/mol. The fourth-order valence-corrected chi connectivity index (χ4v) is 3.28. The first-order valence-corrected chi connectivity index (χ1v) is 8.47. The summed E-state index contributed by atoms with van der Waals surface area (Å²) in [6.45, 7) is 7.43. The van der Waals surface area contributed by atoms with Crippen LogP contribution in [-0.4, -0.2) is 33.6 Å². The maximum absolute atomic E-state index is 12.1. The zero-order valence-corrected chi connectivity index (χ0v) is 14.2. The molecule has 5 heteroatoms. The van der Waals surface area contributed by atoms with Gasteiger partial charge in [0.25, 0.3) is 0 Å². The number of hydrogen-bond acceptors (Lipinski definition) is 4. The summed E-state index contributed by atoms with van der Waals surface area (Å²) in [5.41, 5.74) is 2.97. The second-order valence-corrected chi connectivity index (χ2v) is 8.38. The van der Waals surface area contributed by atoms with Crippen LogP contribution in [0.2, 0.25) is 0 Å². The Bertz CT molecular complexity index is 568. The number of ether oxygens (including phenoxy) is 1. The normalized spacial score (nSPS) is 14.2. The van der Waals surface area contributed by atoms with Gasteiger partial charge in [-0.05, 0) is 51.4 Å². The van der Waals surface area contributed by atoms with Crippen LogP contribution in [0.1, 0.15) is 36.6 Å². The van der Waals surface area contributed by atoms with Crippen LogP contribution in [-0.2, 0) is 9.84 Å². The number of nitrogens with one attached hydrogen (secondary N) is 1. The summed E-state index contributed by atoms with van der Waals surface area (Å²) >= 11 is 0. The van der Waals surface area contributed by atoms with Gasteiger partial charge in [0.1, 0.15) is 5.75 Å². The lowest BCUT2D eigenvalue weighted by Gasteiger charge is -2.33. The fraction of sp³-hybridized carbons (Fsp3) is 0.600. The van der Waals surface area contributed by atoms with Crippen molar-refractivity contribution in [2.75, 3.05) is 20.4 Å². The Balaban J connectivity index is 3.42. The predicted octanol–water partition coefficient (Wildman–Crippen LogP) is 2.40. The van der Waals surface area contributed by atoms with Crippen LogP contribution >= 0.6 is 0 Å². The van der Waals surface area contributed by atoms with E-state index in [1.165, 1.54) is 6.26 Å². The summed E-state index contributed by atoms with van der Waals surface area (Å²) in [4.78, 5) is 0. The Morgan fingerprint density at radius 2 is 1.65 bits per heavy atom. The van der Waals surface area contributed by atoms with E-state index in [2.05, 4.69) is 5.32 Å². The molecule has 1 aromatic rings. The Morgan fingerprint density at radius 3 is 1.95 bits per heavy atom. The van der Waals surface area contributed by atoms with Crippen molar-refractivity contribution in [3.05, 3.63) is 28.8 Å². The lowest BCUT2D eigenvalue weighted by molar-refractivity contribution is 0.406. The highest BCUT2D eigenvalue weighted by Crippen LogP contribution is 2.35. The molecule has 0 fully saturated rings. The van der Waals surface area contributed by atoms with Gasteiger partial charge in [0.2, 0.25) is 0 Å². The van der Waals surface area contributed by atoms with Crippen LogP contribution in [0, 0.1) is 13.8 Å². The number of aryl methyl sites for hydroxylation is 2. The molecule has 0 amide bonds. The SMILES string of the molecule is CNC(c1cc(C)c(OC)c(C)c1)C(C)(C)S(C)(=O)=O. The average molecular weight is 299 g/mol. The lowest BCUT2D eigenvalue weighted by Crippen LogP contribution is -2.43. The third-order valence-corrected chi connectivity index (χ3v) is 6.11. The molecule has 4 nitrogen and oxygen atoms in total. The van der Waals surface area contributed by atoms with Gasteiger partial charge in [-0.1, -0.05) is 12.1 Å². The first-order valence-electron chi connectivity index (χ1n) is 6.58. The van der Waals surface area contributed by atoms with Gasteiger partial charge in [-0.2, -0.15) is 0 Å². The van der Waals surface area contributed by atoms with E-state index in [1.807, 2.05) is 26.0 Å². The molecule has 0 aliphatic rings. The van der Waals surface area contributed by atoms with Crippen LogP contribution in [0.3, 0.4) is 0 Å². The summed E-state index contributed by atoms with van der Waals surface area (Å²) in [6.07, 6.45) is 1.28. The third kappa shape index (κ3) is 2.99. The molecule has 0 radical (unpaired) electrons. The van der Waals surface area contributed by atoms with Gasteiger partial charge < -0.3 is 10.1 Å². The number of hydrogen-bond donors (Lipinski definition) is 1. The largest absolute Gasteiger partial charge is 0.496 e. The Kier molecular flexibility index (Phi) is 4.87. The van der Waals surface area contributed by atoms with Gasteiger partial charge in [-0.25, -0.2) is 8.42 Å². The quantitative estimate of drug-likeness (QED) is 0.907. The van der Waals surface area contributed by atoms with Crippen molar-refractivity contribution in [3.8, 4) is 5.75 Å². The van der Waals surface area contributed by atoms with Crippen molar-refractivity contribution >= 4 is 9.84 Å². The van der Waals surface area contributed by atoms with Gasteiger partial charge in [0, 0.05) is 6.26 Å². The van der Waals surface area contributed by atoms with Gasteiger partial charge in [-0.15, -0.1) is 0 Å². The number of sulfone groups is 1. The summed E-state index contributed by atoms with van der Waals surface area (Å²) < 4.78 is 28.6. The summed E-state index contributed by atoms with van der Waals surface area (Å²) in [5, 5.41) is 3.14. The minimum absolute atomic E-state index is 0.277. The van der Waals surface area contributed by atoms with Gasteiger partial charge in [0.15, 0.2) is 9.84 Å². The van der Waals surface area contributed by atoms with Crippen LogP contribution in [0.15, 0.2) is 12.1 Å². The predicted molar refractivity (Wildman–Crippen MR) is 83.2 cm³/mol. The van der Waals surface area contributed by atoms with E-state index >= 15 is 0 Å². The first-order chi connectivity index (χ1) is 9.06. The molecule has 1 rings (SSSR count). The summed E-state index contributed by atoms with van der Waals surface area (Å²) in [5.74, 6) is 0.848. The maximum atomic E-state index is 12.1. The molecule has 20 heavy (non-hydrogen) atoms. The topological polar surface area (TPSA) is 55.4 Å². The Morgan fingerprint density at radius 1 is 1.20 bits per heavy atom. The summed E-state index contributed by atoms with van der Waals surface area (Å²) in [6, 6.07) is 3.70. The van der Waals surface area contributed by atoms with Gasteiger partial charge in [-0.3, -0.25) is 0 Å². The molecule has 1 aromatic carbocycles. The molecule has 0 spiro atoms. The standard InChI is InChI=1S/C15H25NO3S/c1-10-8-12(9-11(2)13(10)19-6)14(16-5)15(3,4)20(7,17)18/h8-9,14,16H,1-7H3. The van der Waals surface area contributed by atoms with Crippen molar-refractivity contribution in [2.45, 2.75) is 38.5 Å². The number of benzene rings is 1. The molecule has 0 aromatic heterocycles. The third-order valence-electron chi connectivity index (χ3n) is 3.96. The van der Waals surface area contributed by atoms with Crippen LogP contribution < -0.4 is 10.1 Å². The van der Waals surface area contributed by atoms with E-state index in [9.17, 15) is 8.42 Å². The number of methoxy groups -OCH3 is 1. The first kappa shape index (κ1) is 17.0. The highest BCUT2D eigenvalue weighted by Gasteiger charge is 2.39. The molecule has 1 N–H and O–H groups in total. The van der Waals surface area contributed by atoms with Crippen molar-refractivity contribution in [1.82, 2.24) is 5.32 Å². The number of rotatable bonds is 5. The van der Waals surface area contributed by atoms with E-state index in [-0.39, 0.29) is 6.04 Å². The average Bonchev–Trinajstić information content (AvgIpc) is 2.27. The van der Waals surface area contributed by atoms with Crippen molar-refractivity contribution in [2.24, 2.45) is 0 Å². The lowest BCUT2D eigenvalue weighted by atomic mass is 9.92. The zero-order valence-electron chi connectivity index (χ0n) is 13.4. The molecule has 0 saturated heterocycles. The molecule has 1 unspecified atom stereocenters. The van der Waals surface area contributed by atoms with Crippen LogP contribution in [0.5, 0.6) is 5.75 Å². The molecule has 0 aliphatic heterocycles. The molecule has 0 bridgehead atoms. The van der Waals surface area contributed by atoms with Crippen molar-refractivity contribution in [1.29, 1.82) is 0 Å². The molecule has 0 heterocycles. The summed E-state index contributed by atoms with van der Waals surface area (Å²) in [7, 11) is 0.231. The van der Waals surface area contributed by atoms with Gasteiger partial charge in [0.05, 0.1) is 17.9 Å². The van der Waals surface area contributed by atoms with E-state index in [0.717, 1.165) is 22.4 Å². The smallest absolute Gasteiger partial charge is 0.154 e. The molecule has 0 saturated carbocycles. The molecular formula is C15H25NO3S. The Hall–Kier alpha value is -1.07. The van der Waals surface area contributed by atoms with Gasteiger partial charge >= 0.3 is 0 Å². The second-order valence-electron chi connectivity index (χ2n) is 5.79. The second kappa shape index (κ2) is 5.74. The minimum atomic E-state index is -3.20. The minimum Gasteiger partial charge on any atom is -0.496 e. The highest BCUT2D eigenvalue weighted by atomic mass is 32.2. The van der Waals surface area contributed by atoms with Crippen LogP contribution in [0.25, 0.3) is 0 Å². The highest BCUT2D eigenvalue weighted by molar-refractivity contribution is 7.92. The van der Waals surface area contributed by atoms with Crippen molar-refractivity contribution < 1.29 is 13.2 Å². The molecular weight excluding hydrogens is 274 g/mol. The fourth-order valence-electron chi connectivity index (χ4n) is 2.60. The van der Waals surface area contributed by atoms with Crippen LogP contribution in [0.4, 0.5) is 0 Å². The Labute approximate surface area is 122 Å².